The van der Waals surface area contributed by atoms with E-state index in [2.05, 4.69) is 9.97 Å². The van der Waals surface area contributed by atoms with Gasteiger partial charge in [-0.25, -0.2) is 13.8 Å². The number of nitrogens with two attached hydrogens (primary N) is 2. The van der Waals surface area contributed by atoms with E-state index in [0.717, 1.165) is 18.2 Å². The predicted molar refractivity (Wildman–Crippen MR) is 109 cm³/mol. The Labute approximate surface area is 171 Å². The summed E-state index contributed by atoms with van der Waals surface area (Å²) in [5.41, 5.74) is 12.0. The number of likely N-dealkylation sites (tertiary alicyclic amines) is 1. The quantitative estimate of drug-likeness (QED) is 0.681. The van der Waals surface area contributed by atoms with Crippen LogP contribution in [0.1, 0.15) is 23.2 Å². The van der Waals surface area contributed by atoms with Crippen LogP contribution in [-0.2, 0) is 0 Å². The van der Waals surface area contributed by atoms with Crippen molar-refractivity contribution >= 4 is 28.6 Å². The highest BCUT2D eigenvalue weighted by atomic mass is 19.1. The van der Waals surface area contributed by atoms with Crippen LogP contribution in [-0.4, -0.2) is 40.5 Å². The van der Waals surface area contributed by atoms with Crippen LogP contribution >= 0.6 is 0 Å². The average molecular weight is 413 g/mol. The van der Waals surface area contributed by atoms with E-state index in [-0.39, 0.29) is 23.2 Å². The van der Waals surface area contributed by atoms with Crippen molar-refractivity contribution in [2.75, 3.05) is 31.2 Å². The smallest absolute Gasteiger partial charge is 0.256 e. The van der Waals surface area contributed by atoms with Gasteiger partial charge in [0.15, 0.2) is 0 Å². The van der Waals surface area contributed by atoms with Gasteiger partial charge in [0, 0.05) is 13.1 Å². The Morgan fingerprint density at radius 1 is 1.13 bits per heavy atom. The van der Waals surface area contributed by atoms with Crippen molar-refractivity contribution in [2.45, 2.75) is 12.8 Å². The molecule has 1 amide bonds. The summed E-state index contributed by atoms with van der Waals surface area (Å²) in [6.07, 6.45) is 1.37. The number of aromatic nitrogens is 2. The number of hydrogen-bond acceptors (Lipinski definition) is 6. The molecule has 1 aliphatic heterocycles. The molecule has 0 spiro atoms. The molecule has 0 saturated carbocycles. The Balaban J connectivity index is 1.38. The number of piperidine rings is 1. The van der Waals surface area contributed by atoms with E-state index in [1.807, 2.05) is 0 Å². The molecule has 3 aromatic rings. The van der Waals surface area contributed by atoms with E-state index < -0.39 is 17.5 Å². The lowest BCUT2D eigenvalue weighted by atomic mass is 9.97. The van der Waals surface area contributed by atoms with Gasteiger partial charge in [0.1, 0.15) is 23.2 Å². The number of benzene rings is 2. The number of rotatable bonds is 4. The van der Waals surface area contributed by atoms with Crippen LogP contribution in [0.5, 0.6) is 5.75 Å². The number of ether oxygens (including phenoxy) is 1. The van der Waals surface area contributed by atoms with Gasteiger partial charge in [-0.1, -0.05) is 6.07 Å². The second-order valence-corrected chi connectivity index (χ2v) is 7.29. The third kappa shape index (κ3) is 3.96. The minimum atomic E-state index is -0.719. The lowest BCUT2D eigenvalue weighted by Gasteiger charge is -2.32. The molecular formula is C21H21F2N5O2. The molecule has 2 aromatic carbocycles. The van der Waals surface area contributed by atoms with Gasteiger partial charge in [0.05, 0.1) is 23.1 Å². The number of amides is 1. The zero-order chi connectivity index (χ0) is 21.3. The molecule has 9 heteroatoms. The Morgan fingerprint density at radius 3 is 2.67 bits per heavy atom. The van der Waals surface area contributed by atoms with Crippen LogP contribution in [0.15, 0.2) is 36.4 Å². The lowest BCUT2D eigenvalue weighted by Crippen LogP contribution is -2.40. The molecule has 30 heavy (non-hydrogen) atoms. The largest absolute Gasteiger partial charge is 0.492 e. The van der Waals surface area contributed by atoms with Crippen molar-refractivity contribution < 1.29 is 18.3 Å². The van der Waals surface area contributed by atoms with Crippen molar-refractivity contribution in [3.8, 4) is 5.75 Å². The fraction of sp³-hybridized carbons (Fsp3) is 0.286. The van der Waals surface area contributed by atoms with Gasteiger partial charge in [-0.05, 0) is 49.1 Å². The zero-order valence-corrected chi connectivity index (χ0v) is 16.1. The number of halogens is 2. The van der Waals surface area contributed by atoms with Crippen molar-refractivity contribution in [1.82, 2.24) is 14.9 Å². The summed E-state index contributed by atoms with van der Waals surface area (Å²) in [5, 5.41) is 0.612. The Bertz CT molecular complexity index is 1100. The van der Waals surface area contributed by atoms with Gasteiger partial charge in [-0.15, -0.1) is 0 Å². The highest BCUT2D eigenvalue weighted by Gasteiger charge is 2.26. The molecule has 0 atom stereocenters. The van der Waals surface area contributed by atoms with E-state index in [4.69, 9.17) is 16.2 Å². The van der Waals surface area contributed by atoms with Crippen molar-refractivity contribution in [3.63, 3.8) is 0 Å². The number of hydrogen-bond donors (Lipinski definition) is 2. The van der Waals surface area contributed by atoms with E-state index >= 15 is 0 Å². The first-order valence-corrected chi connectivity index (χ1v) is 9.61. The second kappa shape index (κ2) is 8.10. The molecule has 0 bridgehead atoms. The van der Waals surface area contributed by atoms with Crippen LogP contribution in [0.3, 0.4) is 0 Å². The third-order valence-electron chi connectivity index (χ3n) is 5.27. The highest BCUT2D eigenvalue weighted by Crippen LogP contribution is 2.30. The fourth-order valence-electron chi connectivity index (χ4n) is 3.66. The summed E-state index contributed by atoms with van der Waals surface area (Å²) in [6.45, 7) is 1.32. The predicted octanol–water partition coefficient (Wildman–Crippen LogP) is 3.00. The van der Waals surface area contributed by atoms with Crippen molar-refractivity contribution in [3.05, 3.63) is 53.6 Å². The van der Waals surface area contributed by atoms with Gasteiger partial charge in [0.2, 0.25) is 5.95 Å². The van der Waals surface area contributed by atoms with Crippen LogP contribution in [0.2, 0.25) is 0 Å². The number of nitrogens with zero attached hydrogens (tertiary/aromatic N) is 3. The van der Waals surface area contributed by atoms with Crippen LogP contribution in [0.25, 0.3) is 10.9 Å². The van der Waals surface area contributed by atoms with Gasteiger partial charge in [0.25, 0.3) is 5.91 Å². The van der Waals surface area contributed by atoms with Gasteiger partial charge in [-0.3, -0.25) is 4.79 Å². The molecule has 1 saturated heterocycles. The van der Waals surface area contributed by atoms with E-state index in [0.29, 0.717) is 49.2 Å². The normalized spacial score (nSPS) is 14.8. The third-order valence-corrected chi connectivity index (χ3v) is 5.27. The maximum Gasteiger partial charge on any atom is 0.256 e. The van der Waals surface area contributed by atoms with Gasteiger partial charge < -0.3 is 21.1 Å². The molecule has 4 rings (SSSR count). The molecule has 2 heterocycles. The molecular weight excluding hydrogens is 392 g/mol. The number of fused-ring (bicyclic) bond motifs is 1. The Kier molecular flexibility index (Phi) is 5.35. The van der Waals surface area contributed by atoms with Crippen LogP contribution in [0, 0.1) is 17.6 Å². The summed E-state index contributed by atoms with van der Waals surface area (Å²) < 4.78 is 33.2. The number of carbonyl (C=O) groups is 1. The maximum atomic E-state index is 13.9. The monoisotopic (exact) mass is 413 g/mol. The highest BCUT2D eigenvalue weighted by molar-refractivity contribution is 5.95. The minimum Gasteiger partial charge on any atom is -0.492 e. The van der Waals surface area contributed by atoms with Gasteiger partial charge >= 0.3 is 0 Å². The van der Waals surface area contributed by atoms with E-state index in [1.165, 1.54) is 0 Å². The molecule has 0 radical (unpaired) electrons. The molecule has 7 nitrogen and oxygen atoms in total. The maximum absolute atomic E-state index is 13.9. The Morgan fingerprint density at radius 2 is 1.90 bits per heavy atom. The average Bonchev–Trinajstić information content (AvgIpc) is 2.73. The van der Waals surface area contributed by atoms with Crippen molar-refractivity contribution in [2.24, 2.45) is 5.92 Å². The minimum absolute atomic E-state index is 0.101. The number of nitrogen functional groups attached to an aromatic ring is 2. The fourth-order valence-corrected chi connectivity index (χ4v) is 3.66. The SMILES string of the molecule is Nc1nc(N)c2c(OCC3CCN(C(=O)c4cc(F)ccc4F)CC3)cccc2n1. The summed E-state index contributed by atoms with van der Waals surface area (Å²) in [5.74, 6) is -0.716. The first-order chi connectivity index (χ1) is 14.4. The molecule has 1 aromatic heterocycles. The molecule has 0 aliphatic carbocycles. The van der Waals surface area contributed by atoms with Crippen molar-refractivity contribution in [1.29, 1.82) is 0 Å². The molecule has 1 fully saturated rings. The summed E-state index contributed by atoms with van der Waals surface area (Å²) >= 11 is 0. The topological polar surface area (TPSA) is 107 Å². The van der Waals surface area contributed by atoms with Crippen LogP contribution < -0.4 is 16.2 Å². The molecule has 1 aliphatic rings. The Hall–Kier alpha value is -3.49. The summed E-state index contributed by atoms with van der Waals surface area (Å²) in [7, 11) is 0. The van der Waals surface area contributed by atoms with E-state index in [1.54, 1.807) is 23.1 Å². The molecule has 0 unspecified atom stereocenters. The number of carbonyl (C=O) groups excluding carboxylic acids is 1. The first-order valence-electron chi connectivity index (χ1n) is 9.61. The number of anilines is 2. The first kappa shape index (κ1) is 19.8. The second-order valence-electron chi connectivity index (χ2n) is 7.29. The zero-order valence-electron chi connectivity index (χ0n) is 16.1. The molecule has 4 N–H and O–H groups in total. The summed E-state index contributed by atoms with van der Waals surface area (Å²) in [6, 6.07) is 8.28. The lowest BCUT2D eigenvalue weighted by molar-refractivity contribution is 0.0656. The molecule has 156 valence electrons. The van der Waals surface area contributed by atoms with E-state index in [9.17, 15) is 13.6 Å². The summed E-state index contributed by atoms with van der Waals surface area (Å²) in [4.78, 5) is 22.2. The van der Waals surface area contributed by atoms with Crippen LogP contribution in [0.4, 0.5) is 20.5 Å². The standard InChI is InChI=1S/C21H21F2N5O2/c22-13-4-5-15(23)14(10-13)20(29)28-8-6-12(7-9-28)11-30-17-3-1-2-16-18(17)19(24)27-21(25)26-16/h1-5,10,12H,6-9,11H2,(H4,24,25,26,27). The van der Waals surface area contributed by atoms with Gasteiger partial charge in [-0.2, -0.15) is 4.98 Å².